The number of benzene rings is 1. The first kappa shape index (κ1) is 14.1. The standard InChI is InChI=1S/C17H23N3O/c1-20-9-8-13-10-14(4-7-16(13)20)17(21)19-15-5-2-12(11-18)3-6-15/h4,7-10,12,15H,2-3,5-6,11,18H2,1H3,(H,19,21). The fraction of sp³-hybridized carbons (Fsp3) is 0.471. The molecule has 0 saturated heterocycles. The maximum absolute atomic E-state index is 12.4. The number of hydrogen-bond donors (Lipinski definition) is 2. The van der Waals surface area contributed by atoms with Crippen LogP contribution < -0.4 is 11.1 Å². The Labute approximate surface area is 125 Å². The number of carbonyl (C=O) groups excluding carboxylic acids is 1. The Balaban J connectivity index is 1.67. The van der Waals surface area contributed by atoms with Crippen molar-refractivity contribution in [2.24, 2.45) is 18.7 Å². The number of fused-ring (bicyclic) bond motifs is 1. The van der Waals surface area contributed by atoms with Crippen LogP contribution in [0.5, 0.6) is 0 Å². The summed E-state index contributed by atoms with van der Waals surface area (Å²) < 4.78 is 2.06. The minimum atomic E-state index is 0.0388. The normalized spacial score (nSPS) is 22.4. The van der Waals surface area contributed by atoms with Gasteiger partial charge in [0.2, 0.25) is 0 Å². The number of nitrogens with zero attached hydrogens (tertiary/aromatic N) is 1. The summed E-state index contributed by atoms with van der Waals surface area (Å²) in [5.41, 5.74) is 7.60. The molecule has 1 heterocycles. The van der Waals surface area contributed by atoms with E-state index in [1.807, 2.05) is 37.5 Å². The van der Waals surface area contributed by atoms with Gasteiger partial charge in [-0.1, -0.05) is 0 Å². The molecule has 1 saturated carbocycles. The van der Waals surface area contributed by atoms with Crippen LogP contribution in [0.1, 0.15) is 36.0 Å². The lowest BCUT2D eigenvalue weighted by atomic mass is 9.86. The quantitative estimate of drug-likeness (QED) is 0.910. The smallest absolute Gasteiger partial charge is 0.251 e. The number of rotatable bonds is 3. The Morgan fingerprint density at radius 3 is 2.76 bits per heavy atom. The summed E-state index contributed by atoms with van der Waals surface area (Å²) in [6, 6.07) is 8.22. The zero-order valence-corrected chi connectivity index (χ0v) is 12.5. The van der Waals surface area contributed by atoms with Crippen molar-refractivity contribution < 1.29 is 4.79 Å². The molecule has 4 heteroatoms. The van der Waals surface area contributed by atoms with E-state index in [0.717, 1.165) is 48.7 Å². The Bertz CT molecular complexity index is 639. The van der Waals surface area contributed by atoms with Crippen molar-refractivity contribution in [3.63, 3.8) is 0 Å². The van der Waals surface area contributed by atoms with E-state index in [1.165, 1.54) is 0 Å². The molecule has 21 heavy (non-hydrogen) atoms. The second-order valence-corrected chi connectivity index (χ2v) is 6.13. The van der Waals surface area contributed by atoms with Crippen molar-refractivity contribution in [2.45, 2.75) is 31.7 Å². The van der Waals surface area contributed by atoms with Gasteiger partial charge < -0.3 is 15.6 Å². The van der Waals surface area contributed by atoms with Crippen molar-refractivity contribution in [3.8, 4) is 0 Å². The molecule has 1 aromatic carbocycles. The van der Waals surface area contributed by atoms with E-state index < -0.39 is 0 Å². The average Bonchev–Trinajstić information content (AvgIpc) is 2.89. The van der Waals surface area contributed by atoms with Crippen molar-refractivity contribution >= 4 is 16.8 Å². The van der Waals surface area contributed by atoms with E-state index in [1.54, 1.807) is 0 Å². The van der Waals surface area contributed by atoms with Gasteiger partial charge in [-0.2, -0.15) is 0 Å². The van der Waals surface area contributed by atoms with E-state index in [4.69, 9.17) is 5.73 Å². The summed E-state index contributed by atoms with van der Waals surface area (Å²) in [7, 11) is 2.01. The van der Waals surface area contributed by atoms with Gasteiger partial charge in [0.25, 0.3) is 5.91 Å². The van der Waals surface area contributed by atoms with Gasteiger partial charge in [-0.3, -0.25) is 4.79 Å². The minimum Gasteiger partial charge on any atom is -0.351 e. The Morgan fingerprint density at radius 2 is 2.05 bits per heavy atom. The van der Waals surface area contributed by atoms with Crippen molar-refractivity contribution in [2.75, 3.05) is 6.54 Å². The summed E-state index contributed by atoms with van der Waals surface area (Å²) >= 11 is 0. The first-order chi connectivity index (χ1) is 10.2. The maximum atomic E-state index is 12.4. The van der Waals surface area contributed by atoms with Gasteiger partial charge in [-0.25, -0.2) is 0 Å². The molecule has 0 bridgehead atoms. The average molecular weight is 285 g/mol. The molecule has 4 nitrogen and oxygen atoms in total. The lowest BCUT2D eigenvalue weighted by Gasteiger charge is -2.28. The second kappa shape index (κ2) is 5.90. The zero-order chi connectivity index (χ0) is 14.8. The minimum absolute atomic E-state index is 0.0388. The number of aromatic nitrogens is 1. The van der Waals surface area contributed by atoms with E-state index in [-0.39, 0.29) is 5.91 Å². The van der Waals surface area contributed by atoms with Crippen LogP contribution >= 0.6 is 0 Å². The van der Waals surface area contributed by atoms with Gasteiger partial charge in [0.1, 0.15) is 0 Å². The van der Waals surface area contributed by atoms with Crippen LogP contribution in [0.15, 0.2) is 30.5 Å². The Kier molecular flexibility index (Phi) is 3.97. The molecule has 0 atom stereocenters. The predicted octanol–water partition coefficient (Wildman–Crippen LogP) is 2.43. The number of amides is 1. The molecule has 0 spiro atoms. The van der Waals surface area contributed by atoms with E-state index in [0.29, 0.717) is 12.0 Å². The van der Waals surface area contributed by atoms with Crippen molar-refractivity contribution in [1.82, 2.24) is 9.88 Å². The van der Waals surface area contributed by atoms with Crippen LogP contribution in [0.3, 0.4) is 0 Å². The van der Waals surface area contributed by atoms with Crippen molar-refractivity contribution in [3.05, 3.63) is 36.0 Å². The van der Waals surface area contributed by atoms with Crippen LogP contribution in [-0.4, -0.2) is 23.1 Å². The lowest BCUT2D eigenvalue weighted by Crippen LogP contribution is -2.38. The molecule has 3 N–H and O–H groups in total. The largest absolute Gasteiger partial charge is 0.351 e. The fourth-order valence-corrected chi connectivity index (χ4v) is 3.23. The first-order valence-corrected chi connectivity index (χ1v) is 7.73. The van der Waals surface area contributed by atoms with Crippen LogP contribution in [0, 0.1) is 5.92 Å². The van der Waals surface area contributed by atoms with Crippen molar-refractivity contribution in [1.29, 1.82) is 0 Å². The summed E-state index contributed by atoms with van der Waals surface area (Å²) in [5.74, 6) is 0.677. The number of aryl methyl sites for hydroxylation is 1. The molecular formula is C17H23N3O. The third-order valence-electron chi connectivity index (χ3n) is 4.66. The Morgan fingerprint density at radius 1 is 1.29 bits per heavy atom. The Hall–Kier alpha value is -1.81. The van der Waals surface area contributed by atoms with E-state index >= 15 is 0 Å². The van der Waals surface area contributed by atoms with E-state index in [9.17, 15) is 4.79 Å². The molecular weight excluding hydrogens is 262 g/mol. The third-order valence-corrected chi connectivity index (χ3v) is 4.66. The molecule has 2 aromatic rings. The molecule has 0 unspecified atom stereocenters. The number of nitrogens with one attached hydrogen (secondary N) is 1. The molecule has 0 radical (unpaired) electrons. The third kappa shape index (κ3) is 2.95. The van der Waals surface area contributed by atoms with Gasteiger partial charge >= 0.3 is 0 Å². The SMILES string of the molecule is Cn1ccc2cc(C(=O)NC3CCC(CN)CC3)ccc21. The molecule has 0 aliphatic heterocycles. The second-order valence-electron chi connectivity index (χ2n) is 6.13. The van der Waals surface area contributed by atoms with Crippen LogP contribution in [0.4, 0.5) is 0 Å². The van der Waals surface area contributed by atoms with Gasteiger partial charge in [0.15, 0.2) is 0 Å². The highest BCUT2D eigenvalue weighted by Crippen LogP contribution is 2.24. The van der Waals surface area contributed by atoms with Gasteiger partial charge in [0, 0.05) is 35.8 Å². The zero-order valence-electron chi connectivity index (χ0n) is 12.5. The van der Waals surface area contributed by atoms with Crippen LogP contribution in [0.25, 0.3) is 10.9 Å². The summed E-state index contributed by atoms with van der Waals surface area (Å²) in [6.07, 6.45) is 6.35. The van der Waals surface area contributed by atoms with Gasteiger partial charge in [-0.05, 0) is 62.4 Å². The molecule has 112 valence electrons. The molecule has 1 amide bonds. The molecule has 1 fully saturated rings. The number of carbonyl (C=O) groups is 1. The lowest BCUT2D eigenvalue weighted by molar-refractivity contribution is 0.0922. The number of hydrogen-bond acceptors (Lipinski definition) is 2. The highest BCUT2D eigenvalue weighted by Gasteiger charge is 2.21. The van der Waals surface area contributed by atoms with Crippen LogP contribution in [-0.2, 0) is 7.05 Å². The molecule has 1 aliphatic carbocycles. The van der Waals surface area contributed by atoms with Crippen LogP contribution in [0.2, 0.25) is 0 Å². The topological polar surface area (TPSA) is 60.0 Å². The molecule has 1 aromatic heterocycles. The molecule has 1 aliphatic rings. The maximum Gasteiger partial charge on any atom is 0.251 e. The van der Waals surface area contributed by atoms with E-state index in [2.05, 4.69) is 9.88 Å². The summed E-state index contributed by atoms with van der Waals surface area (Å²) in [5, 5.41) is 4.27. The fourth-order valence-electron chi connectivity index (χ4n) is 3.23. The molecule has 3 rings (SSSR count). The predicted molar refractivity (Wildman–Crippen MR) is 85.2 cm³/mol. The number of nitrogens with two attached hydrogens (primary N) is 1. The monoisotopic (exact) mass is 285 g/mol. The summed E-state index contributed by atoms with van der Waals surface area (Å²) in [4.78, 5) is 12.4. The highest BCUT2D eigenvalue weighted by atomic mass is 16.1. The van der Waals surface area contributed by atoms with Gasteiger partial charge in [0.05, 0.1) is 0 Å². The van der Waals surface area contributed by atoms with Gasteiger partial charge in [-0.15, -0.1) is 0 Å². The summed E-state index contributed by atoms with van der Waals surface area (Å²) in [6.45, 7) is 0.769. The highest BCUT2D eigenvalue weighted by molar-refractivity contribution is 5.98. The first-order valence-electron chi connectivity index (χ1n) is 7.73.